The SMILES string of the molecule is Cc1ccc(CN2CC3(CC[C@H](CNC(=O)N4CCCC4)CO3)C2)cc1. The Hall–Kier alpha value is -1.59. The fourth-order valence-corrected chi connectivity index (χ4v) is 4.42. The van der Waals surface area contributed by atoms with Crippen molar-refractivity contribution in [3.63, 3.8) is 0 Å². The van der Waals surface area contributed by atoms with Crippen molar-refractivity contribution in [1.29, 1.82) is 0 Å². The molecule has 1 aromatic rings. The van der Waals surface area contributed by atoms with Gasteiger partial charge >= 0.3 is 6.03 Å². The number of carbonyl (C=O) groups is 1. The van der Waals surface area contributed by atoms with E-state index in [2.05, 4.69) is 41.4 Å². The highest BCUT2D eigenvalue weighted by Gasteiger charge is 2.46. The highest BCUT2D eigenvalue weighted by molar-refractivity contribution is 5.74. The predicted molar refractivity (Wildman–Crippen MR) is 102 cm³/mol. The van der Waals surface area contributed by atoms with Gasteiger partial charge in [-0.05, 0) is 44.1 Å². The van der Waals surface area contributed by atoms with Gasteiger partial charge in [0.15, 0.2) is 0 Å². The van der Waals surface area contributed by atoms with Gasteiger partial charge in [-0.2, -0.15) is 0 Å². The summed E-state index contributed by atoms with van der Waals surface area (Å²) >= 11 is 0. The number of nitrogens with one attached hydrogen (secondary N) is 1. The van der Waals surface area contributed by atoms with Gasteiger partial charge in [0.05, 0.1) is 12.2 Å². The number of carbonyl (C=O) groups excluding carboxylic acids is 1. The molecule has 0 aliphatic carbocycles. The maximum absolute atomic E-state index is 12.1. The lowest BCUT2D eigenvalue weighted by atomic mass is 9.82. The molecule has 5 nitrogen and oxygen atoms in total. The van der Waals surface area contributed by atoms with Crippen molar-refractivity contribution in [3.05, 3.63) is 35.4 Å². The highest BCUT2D eigenvalue weighted by Crippen LogP contribution is 2.36. The van der Waals surface area contributed by atoms with Crippen molar-refractivity contribution >= 4 is 6.03 Å². The quantitative estimate of drug-likeness (QED) is 0.901. The van der Waals surface area contributed by atoms with E-state index in [1.165, 1.54) is 11.1 Å². The second kappa shape index (κ2) is 7.57. The Morgan fingerprint density at radius 1 is 1.23 bits per heavy atom. The molecule has 0 unspecified atom stereocenters. The van der Waals surface area contributed by atoms with Crippen LogP contribution in [0.5, 0.6) is 0 Å². The van der Waals surface area contributed by atoms with Crippen LogP contribution in [0.2, 0.25) is 0 Å². The summed E-state index contributed by atoms with van der Waals surface area (Å²) in [6.07, 6.45) is 4.55. The molecule has 26 heavy (non-hydrogen) atoms. The van der Waals surface area contributed by atoms with E-state index < -0.39 is 0 Å². The molecule has 2 amide bonds. The standard InChI is InChI=1S/C21H31N3O2/c1-17-4-6-18(7-5-17)13-23-15-21(16-23)9-8-19(14-26-21)12-22-20(25)24-10-2-3-11-24/h4-7,19H,2-3,8-16H2,1H3,(H,22,25)/t19-/m1/s1. The van der Waals surface area contributed by atoms with Crippen LogP contribution in [0.4, 0.5) is 4.79 Å². The third-order valence-corrected chi connectivity index (χ3v) is 6.12. The molecule has 3 aliphatic rings. The summed E-state index contributed by atoms with van der Waals surface area (Å²) in [7, 11) is 0. The number of likely N-dealkylation sites (tertiary alicyclic amines) is 2. The maximum Gasteiger partial charge on any atom is 0.317 e. The van der Waals surface area contributed by atoms with Crippen molar-refractivity contribution in [2.24, 2.45) is 5.92 Å². The number of rotatable bonds is 4. The molecule has 0 bridgehead atoms. The van der Waals surface area contributed by atoms with Gasteiger partial charge in [0.1, 0.15) is 0 Å². The smallest absolute Gasteiger partial charge is 0.317 e. The van der Waals surface area contributed by atoms with E-state index in [4.69, 9.17) is 4.74 Å². The molecular formula is C21H31N3O2. The molecule has 0 radical (unpaired) electrons. The lowest BCUT2D eigenvalue weighted by Crippen LogP contribution is -2.64. The number of benzene rings is 1. The zero-order valence-corrected chi connectivity index (χ0v) is 15.9. The Kier molecular flexibility index (Phi) is 5.18. The summed E-state index contributed by atoms with van der Waals surface area (Å²) in [5.74, 6) is 0.457. The number of ether oxygens (including phenoxy) is 1. The van der Waals surface area contributed by atoms with E-state index in [1.807, 2.05) is 4.90 Å². The third-order valence-electron chi connectivity index (χ3n) is 6.12. The minimum Gasteiger partial charge on any atom is -0.372 e. The molecule has 1 spiro atoms. The molecule has 5 heteroatoms. The Morgan fingerprint density at radius 3 is 2.62 bits per heavy atom. The van der Waals surface area contributed by atoms with Gasteiger partial charge in [-0.3, -0.25) is 4.90 Å². The Labute approximate surface area is 156 Å². The first-order valence-electron chi connectivity index (χ1n) is 10.1. The summed E-state index contributed by atoms with van der Waals surface area (Å²) in [6, 6.07) is 8.92. The third kappa shape index (κ3) is 4.04. The number of hydrogen-bond donors (Lipinski definition) is 1. The Bertz CT molecular complexity index is 609. The number of aryl methyl sites for hydroxylation is 1. The largest absolute Gasteiger partial charge is 0.372 e. The van der Waals surface area contributed by atoms with Crippen molar-refractivity contribution in [3.8, 4) is 0 Å². The number of hydrogen-bond acceptors (Lipinski definition) is 3. The van der Waals surface area contributed by atoms with Crippen LogP contribution < -0.4 is 5.32 Å². The van der Waals surface area contributed by atoms with E-state index in [0.717, 1.165) is 71.6 Å². The Morgan fingerprint density at radius 2 is 1.96 bits per heavy atom. The van der Waals surface area contributed by atoms with Crippen LogP contribution in [0.1, 0.15) is 36.8 Å². The first kappa shape index (κ1) is 17.8. The second-order valence-corrected chi connectivity index (χ2v) is 8.41. The van der Waals surface area contributed by atoms with Crippen molar-refractivity contribution < 1.29 is 9.53 Å². The van der Waals surface area contributed by atoms with Gasteiger partial charge in [-0.25, -0.2) is 4.79 Å². The van der Waals surface area contributed by atoms with E-state index in [1.54, 1.807) is 0 Å². The van der Waals surface area contributed by atoms with Crippen LogP contribution in [0.25, 0.3) is 0 Å². The minimum absolute atomic E-state index is 0.0696. The molecule has 4 rings (SSSR count). The van der Waals surface area contributed by atoms with Crippen LogP contribution in [-0.2, 0) is 11.3 Å². The van der Waals surface area contributed by atoms with E-state index in [-0.39, 0.29) is 11.6 Å². The molecule has 3 fully saturated rings. The summed E-state index contributed by atoms with van der Waals surface area (Å²) < 4.78 is 6.25. The van der Waals surface area contributed by atoms with Crippen LogP contribution in [0.15, 0.2) is 24.3 Å². The monoisotopic (exact) mass is 357 g/mol. The number of urea groups is 1. The number of nitrogens with zero attached hydrogens (tertiary/aromatic N) is 2. The van der Waals surface area contributed by atoms with E-state index in [9.17, 15) is 4.79 Å². The molecule has 142 valence electrons. The number of amides is 2. The highest BCUT2D eigenvalue weighted by atomic mass is 16.5. The summed E-state index contributed by atoms with van der Waals surface area (Å²) in [5, 5.41) is 3.10. The van der Waals surface area contributed by atoms with Crippen LogP contribution in [-0.4, -0.2) is 60.8 Å². The molecule has 0 aromatic heterocycles. The average molecular weight is 357 g/mol. The van der Waals surface area contributed by atoms with E-state index in [0.29, 0.717) is 5.92 Å². The maximum atomic E-state index is 12.1. The van der Waals surface area contributed by atoms with Gasteiger partial charge in [0, 0.05) is 39.3 Å². The average Bonchev–Trinajstić information content (AvgIpc) is 3.16. The fraction of sp³-hybridized carbons (Fsp3) is 0.667. The zero-order valence-electron chi connectivity index (χ0n) is 15.9. The van der Waals surface area contributed by atoms with Crippen molar-refractivity contribution in [1.82, 2.24) is 15.1 Å². The predicted octanol–water partition coefficient (Wildman–Crippen LogP) is 2.78. The van der Waals surface area contributed by atoms with Crippen LogP contribution in [0, 0.1) is 12.8 Å². The lowest BCUT2D eigenvalue weighted by Gasteiger charge is -2.53. The molecule has 3 aliphatic heterocycles. The molecule has 1 aromatic carbocycles. The molecule has 3 heterocycles. The summed E-state index contributed by atoms with van der Waals surface area (Å²) in [5.41, 5.74) is 2.76. The molecule has 0 saturated carbocycles. The van der Waals surface area contributed by atoms with Crippen LogP contribution >= 0.6 is 0 Å². The van der Waals surface area contributed by atoms with Gasteiger partial charge < -0.3 is 15.0 Å². The van der Waals surface area contributed by atoms with E-state index >= 15 is 0 Å². The Balaban J connectivity index is 1.16. The summed E-state index contributed by atoms with van der Waals surface area (Å²) in [4.78, 5) is 16.5. The lowest BCUT2D eigenvalue weighted by molar-refractivity contribution is -0.181. The normalized spacial score (nSPS) is 25.3. The van der Waals surface area contributed by atoms with Gasteiger partial charge in [-0.1, -0.05) is 29.8 Å². The molecular weight excluding hydrogens is 326 g/mol. The second-order valence-electron chi connectivity index (χ2n) is 8.41. The van der Waals surface area contributed by atoms with Gasteiger partial charge in [0.25, 0.3) is 0 Å². The molecule has 3 saturated heterocycles. The fourth-order valence-electron chi connectivity index (χ4n) is 4.42. The van der Waals surface area contributed by atoms with Crippen molar-refractivity contribution in [2.45, 2.75) is 44.8 Å². The minimum atomic E-state index is 0.0696. The van der Waals surface area contributed by atoms with Gasteiger partial charge in [0.2, 0.25) is 0 Å². The summed E-state index contributed by atoms with van der Waals surface area (Å²) in [6.45, 7) is 8.56. The molecule has 1 N–H and O–H groups in total. The zero-order chi connectivity index (χ0) is 18.0. The van der Waals surface area contributed by atoms with Gasteiger partial charge in [-0.15, -0.1) is 0 Å². The van der Waals surface area contributed by atoms with Crippen LogP contribution in [0.3, 0.4) is 0 Å². The van der Waals surface area contributed by atoms with Crippen molar-refractivity contribution in [2.75, 3.05) is 39.3 Å². The topological polar surface area (TPSA) is 44.8 Å². The first-order chi connectivity index (χ1) is 12.6. The molecule has 1 atom stereocenters. The first-order valence-corrected chi connectivity index (χ1v) is 10.1.